The van der Waals surface area contributed by atoms with Crippen LogP contribution in [0.4, 0.5) is 13.6 Å². The number of imidazole rings is 1. The number of rotatable bonds is 4. The van der Waals surface area contributed by atoms with Crippen molar-refractivity contribution >= 4 is 23.2 Å². The molecule has 2 aromatic heterocycles. The van der Waals surface area contributed by atoms with Crippen molar-refractivity contribution in [2.75, 3.05) is 26.8 Å². The lowest BCUT2D eigenvalue weighted by Crippen LogP contribution is -2.43. The third-order valence-corrected chi connectivity index (χ3v) is 7.26. The van der Waals surface area contributed by atoms with E-state index in [0.29, 0.717) is 24.3 Å². The van der Waals surface area contributed by atoms with Crippen LogP contribution in [-0.4, -0.2) is 75.9 Å². The van der Waals surface area contributed by atoms with Gasteiger partial charge in [-0.1, -0.05) is 0 Å². The highest BCUT2D eigenvalue weighted by molar-refractivity contribution is 5.89. The van der Waals surface area contributed by atoms with Crippen LogP contribution in [0.15, 0.2) is 12.1 Å². The summed E-state index contributed by atoms with van der Waals surface area (Å²) in [5.74, 6) is -4.44. The second kappa shape index (κ2) is 8.11. The molecular formula is C24H30F2N4O5. The predicted molar refractivity (Wildman–Crippen MR) is 120 cm³/mol. The molecule has 2 atom stereocenters. The molecule has 0 aromatic carbocycles. The second-order valence-corrected chi connectivity index (χ2v) is 10.6. The minimum absolute atomic E-state index is 0.0881. The Hall–Kier alpha value is -2.82. The van der Waals surface area contributed by atoms with E-state index in [1.165, 1.54) is 18.1 Å². The molecule has 35 heavy (non-hydrogen) atoms. The molecule has 5 rings (SSSR count). The zero-order chi connectivity index (χ0) is 25.2. The largest absolute Gasteiger partial charge is 0.464 e. The van der Waals surface area contributed by atoms with Crippen molar-refractivity contribution in [3.05, 3.63) is 23.7 Å². The number of alkyl halides is 2. The molecule has 2 saturated heterocycles. The van der Waals surface area contributed by atoms with Gasteiger partial charge in [0.25, 0.3) is 5.92 Å². The molecule has 1 aliphatic carbocycles. The lowest BCUT2D eigenvalue weighted by Gasteiger charge is -2.34. The third-order valence-electron chi connectivity index (χ3n) is 7.26. The Morgan fingerprint density at radius 1 is 1.20 bits per heavy atom. The van der Waals surface area contributed by atoms with Gasteiger partial charge in [-0.25, -0.2) is 28.3 Å². The fourth-order valence-corrected chi connectivity index (χ4v) is 5.23. The first-order chi connectivity index (χ1) is 16.5. The second-order valence-electron chi connectivity index (χ2n) is 10.6. The minimum Gasteiger partial charge on any atom is -0.464 e. The van der Waals surface area contributed by atoms with Crippen LogP contribution >= 0.6 is 0 Å². The Balaban J connectivity index is 1.45. The Kier molecular flexibility index (Phi) is 5.54. The number of pyridine rings is 1. The predicted octanol–water partition coefficient (Wildman–Crippen LogP) is 3.76. The molecule has 0 radical (unpaired) electrons. The maximum Gasteiger partial charge on any atom is 0.410 e. The fourth-order valence-electron chi connectivity index (χ4n) is 5.23. The number of likely N-dealkylation sites (tertiary alicyclic amines) is 1. The van der Waals surface area contributed by atoms with Gasteiger partial charge in [0.15, 0.2) is 11.3 Å². The van der Waals surface area contributed by atoms with E-state index < -0.39 is 34.9 Å². The Bertz CT molecular complexity index is 1160. The SMILES string of the molecule is COC(=O)c1ccc2nc(C3C(F)(F)C34CCN(C(=O)OC(C)(C)C)CC4)n(C[C@@H]3CCO3)c2n1. The number of fused-ring (bicyclic) bond motifs is 1. The normalized spacial score (nSPS) is 24.8. The van der Waals surface area contributed by atoms with Gasteiger partial charge in [-0.3, -0.25) is 0 Å². The number of methoxy groups -OCH3 is 1. The molecule has 9 nitrogen and oxygen atoms in total. The summed E-state index contributed by atoms with van der Waals surface area (Å²) in [7, 11) is 1.26. The summed E-state index contributed by atoms with van der Waals surface area (Å²) >= 11 is 0. The smallest absolute Gasteiger partial charge is 0.410 e. The number of piperidine rings is 1. The van der Waals surface area contributed by atoms with Gasteiger partial charge in [0, 0.05) is 19.7 Å². The topological polar surface area (TPSA) is 95.8 Å². The molecule has 1 spiro atoms. The number of esters is 1. The van der Waals surface area contributed by atoms with Gasteiger partial charge in [-0.15, -0.1) is 0 Å². The van der Waals surface area contributed by atoms with Crippen LogP contribution in [0.3, 0.4) is 0 Å². The number of carbonyl (C=O) groups excluding carboxylic acids is 2. The van der Waals surface area contributed by atoms with E-state index >= 15 is 8.78 Å². The molecule has 1 amide bonds. The average Bonchev–Trinajstić information content (AvgIpc) is 3.04. The number of hydrogen-bond acceptors (Lipinski definition) is 7. The highest BCUT2D eigenvalue weighted by Gasteiger charge is 2.82. The van der Waals surface area contributed by atoms with Gasteiger partial charge in [0.05, 0.1) is 31.1 Å². The lowest BCUT2D eigenvalue weighted by atomic mass is 9.90. The zero-order valence-corrected chi connectivity index (χ0v) is 20.3. The van der Waals surface area contributed by atoms with Crippen LogP contribution in [-0.2, 0) is 20.8 Å². The Labute approximate surface area is 201 Å². The van der Waals surface area contributed by atoms with Crippen molar-refractivity contribution in [1.29, 1.82) is 0 Å². The van der Waals surface area contributed by atoms with E-state index in [9.17, 15) is 9.59 Å². The van der Waals surface area contributed by atoms with Crippen molar-refractivity contribution in [3.63, 3.8) is 0 Å². The van der Waals surface area contributed by atoms with E-state index in [4.69, 9.17) is 14.2 Å². The van der Waals surface area contributed by atoms with Gasteiger partial charge in [-0.2, -0.15) is 0 Å². The number of aromatic nitrogens is 3. The summed E-state index contributed by atoms with van der Waals surface area (Å²) in [6, 6.07) is 3.09. The molecule has 11 heteroatoms. The van der Waals surface area contributed by atoms with Crippen molar-refractivity contribution in [3.8, 4) is 0 Å². The van der Waals surface area contributed by atoms with Gasteiger partial charge in [0.2, 0.25) is 0 Å². The van der Waals surface area contributed by atoms with Crippen molar-refractivity contribution < 1.29 is 32.6 Å². The molecule has 1 saturated carbocycles. The van der Waals surface area contributed by atoms with Crippen LogP contribution in [0.5, 0.6) is 0 Å². The van der Waals surface area contributed by atoms with E-state index in [-0.39, 0.29) is 43.6 Å². The van der Waals surface area contributed by atoms with Crippen LogP contribution in [0.25, 0.3) is 11.2 Å². The van der Waals surface area contributed by atoms with Crippen molar-refractivity contribution in [2.24, 2.45) is 5.41 Å². The number of ether oxygens (including phenoxy) is 3. The van der Waals surface area contributed by atoms with Crippen LogP contribution in [0.2, 0.25) is 0 Å². The maximum atomic E-state index is 15.5. The first-order valence-electron chi connectivity index (χ1n) is 11.9. The Morgan fingerprint density at radius 3 is 2.46 bits per heavy atom. The number of amides is 1. The summed E-state index contributed by atoms with van der Waals surface area (Å²) in [6.07, 6.45) is 0.503. The average molecular weight is 493 g/mol. The van der Waals surface area contributed by atoms with Crippen LogP contribution < -0.4 is 0 Å². The summed E-state index contributed by atoms with van der Waals surface area (Å²) in [5.41, 5.74) is -1.04. The molecule has 1 unspecified atom stereocenters. The minimum atomic E-state index is -2.97. The van der Waals surface area contributed by atoms with E-state index in [1.54, 1.807) is 31.4 Å². The summed E-state index contributed by atoms with van der Waals surface area (Å²) < 4.78 is 48.5. The van der Waals surface area contributed by atoms with Gasteiger partial charge in [-0.05, 0) is 52.2 Å². The van der Waals surface area contributed by atoms with Gasteiger partial charge < -0.3 is 23.7 Å². The number of hydrogen-bond donors (Lipinski definition) is 0. The fraction of sp³-hybridized carbons (Fsp3) is 0.667. The first kappa shape index (κ1) is 23.9. The monoisotopic (exact) mass is 492 g/mol. The highest BCUT2D eigenvalue weighted by Crippen LogP contribution is 2.75. The molecule has 0 bridgehead atoms. The van der Waals surface area contributed by atoms with Crippen LogP contribution in [0, 0.1) is 5.41 Å². The first-order valence-corrected chi connectivity index (χ1v) is 11.9. The van der Waals surface area contributed by atoms with Crippen molar-refractivity contribution in [2.45, 2.75) is 70.1 Å². The third kappa shape index (κ3) is 3.93. The molecule has 2 aliphatic heterocycles. The summed E-state index contributed by atoms with van der Waals surface area (Å²) in [4.78, 5) is 34.9. The number of nitrogens with zero attached hydrogens (tertiary/aromatic N) is 4. The maximum absolute atomic E-state index is 15.5. The quantitative estimate of drug-likeness (QED) is 0.600. The van der Waals surface area contributed by atoms with E-state index in [1.807, 2.05) is 0 Å². The molecule has 190 valence electrons. The number of halogens is 2. The summed E-state index contributed by atoms with van der Waals surface area (Å²) in [6.45, 7) is 6.66. The lowest BCUT2D eigenvalue weighted by molar-refractivity contribution is -0.0592. The molecule has 4 heterocycles. The molecular weight excluding hydrogens is 462 g/mol. The van der Waals surface area contributed by atoms with Crippen molar-refractivity contribution in [1.82, 2.24) is 19.4 Å². The molecule has 2 aromatic rings. The standard InChI is InChI=1S/C24H30F2N4O5/c1-22(2,3)35-21(32)29-10-8-23(9-11-29)17(24(23,25)26)19-27-15-5-6-16(20(31)33-4)28-18(15)30(19)13-14-7-12-34-14/h5-6,14,17H,7-13H2,1-4H3/t14-,17?/m0/s1. The van der Waals surface area contributed by atoms with Crippen LogP contribution in [0.1, 0.15) is 62.3 Å². The molecule has 3 aliphatic rings. The summed E-state index contributed by atoms with van der Waals surface area (Å²) in [5, 5.41) is 0. The van der Waals surface area contributed by atoms with E-state index in [0.717, 1.165) is 6.42 Å². The molecule has 3 fully saturated rings. The Morgan fingerprint density at radius 2 is 1.89 bits per heavy atom. The van der Waals surface area contributed by atoms with Gasteiger partial charge in [0.1, 0.15) is 16.9 Å². The number of carbonyl (C=O) groups is 2. The highest BCUT2D eigenvalue weighted by atomic mass is 19.3. The van der Waals surface area contributed by atoms with Gasteiger partial charge >= 0.3 is 12.1 Å². The van der Waals surface area contributed by atoms with E-state index in [2.05, 4.69) is 9.97 Å². The molecule has 0 N–H and O–H groups in total. The zero-order valence-electron chi connectivity index (χ0n) is 20.3.